The molecule has 10 heteroatoms. The molecule has 4 nitrogen and oxygen atoms in total. The molecule has 38 heavy (non-hydrogen) atoms. The topological polar surface area (TPSA) is 27.7 Å². The number of piperidine rings is 2. The van der Waals surface area contributed by atoms with E-state index in [2.05, 4.69) is 5.32 Å². The molecule has 2 aliphatic heterocycles. The van der Waals surface area contributed by atoms with Gasteiger partial charge in [-0.05, 0) is 37.6 Å². The highest BCUT2D eigenvalue weighted by Crippen LogP contribution is 2.46. The average Bonchev–Trinajstić information content (AvgIpc) is 2.90. The van der Waals surface area contributed by atoms with Crippen LogP contribution in [0.1, 0.15) is 36.4 Å². The number of hydrogen-bond donors (Lipinski definition) is 1. The van der Waals surface area contributed by atoms with Crippen LogP contribution in [-0.4, -0.2) is 68.0 Å². The smallest absolute Gasteiger partial charge is 0.394 e. The largest absolute Gasteiger partial charge is 0.496 e. The summed E-state index contributed by atoms with van der Waals surface area (Å²) in [4.78, 5) is 2.81. The summed E-state index contributed by atoms with van der Waals surface area (Å²) < 4.78 is 92.5. The monoisotopic (exact) mass is 543 g/mol. The summed E-state index contributed by atoms with van der Waals surface area (Å²) in [7, 11) is 1.45. The van der Waals surface area contributed by atoms with E-state index in [0.717, 1.165) is 12.0 Å². The molecule has 0 aliphatic carbocycles. The fourth-order valence-corrected chi connectivity index (χ4v) is 5.98. The summed E-state index contributed by atoms with van der Waals surface area (Å²) in [6.07, 6.45) is -7.49. The summed E-state index contributed by atoms with van der Waals surface area (Å²) in [5, 5.41) is 3.26. The number of para-hydroxylation sites is 1. The minimum absolute atomic E-state index is 0.165. The van der Waals surface area contributed by atoms with Gasteiger partial charge >= 0.3 is 12.4 Å². The molecule has 1 N–H and O–H groups in total. The Bertz CT molecular complexity index is 986. The summed E-state index contributed by atoms with van der Waals surface area (Å²) in [6, 6.07) is 13.9. The van der Waals surface area contributed by atoms with Gasteiger partial charge in [-0.2, -0.15) is 26.3 Å². The lowest BCUT2D eigenvalue weighted by atomic mass is 9.79. The van der Waals surface area contributed by atoms with E-state index in [1.165, 1.54) is 16.9 Å². The van der Waals surface area contributed by atoms with Crippen LogP contribution in [0, 0.1) is 11.8 Å². The van der Waals surface area contributed by atoms with E-state index in [-0.39, 0.29) is 19.6 Å². The van der Waals surface area contributed by atoms with Crippen molar-refractivity contribution in [1.29, 1.82) is 0 Å². The maximum absolute atomic E-state index is 14.5. The number of nitrogens with one attached hydrogen (secondary N) is 1. The van der Waals surface area contributed by atoms with Gasteiger partial charge in [-0.3, -0.25) is 9.80 Å². The third-order valence-electron chi connectivity index (χ3n) is 7.79. The van der Waals surface area contributed by atoms with Crippen molar-refractivity contribution in [3.05, 3.63) is 65.7 Å². The first-order chi connectivity index (χ1) is 18.1. The number of benzene rings is 2. The Hall–Kier alpha value is -2.30. The van der Waals surface area contributed by atoms with E-state index in [9.17, 15) is 26.3 Å². The van der Waals surface area contributed by atoms with Gasteiger partial charge in [0.2, 0.25) is 0 Å². The lowest BCUT2D eigenvalue weighted by molar-refractivity contribution is -0.260. The maximum Gasteiger partial charge on any atom is 0.394 e. The summed E-state index contributed by atoms with van der Waals surface area (Å²) in [5.41, 5.74) is 1.53. The molecule has 2 aliphatic rings. The third-order valence-corrected chi connectivity index (χ3v) is 7.79. The third kappa shape index (κ3) is 6.82. The molecule has 0 aromatic heterocycles. The minimum Gasteiger partial charge on any atom is -0.496 e. The van der Waals surface area contributed by atoms with Gasteiger partial charge in [0, 0.05) is 37.8 Å². The number of hydrogen-bond acceptors (Lipinski definition) is 4. The van der Waals surface area contributed by atoms with Crippen LogP contribution in [0.15, 0.2) is 54.6 Å². The van der Waals surface area contributed by atoms with Gasteiger partial charge < -0.3 is 10.1 Å². The highest BCUT2D eigenvalue weighted by molar-refractivity contribution is 5.36. The number of rotatable bonds is 8. The molecule has 0 saturated carbocycles. The molecule has 3 unspecified atom stereocenters. The molecule has 210 valence electrons. The molecular weight excluding hydrogens is 508 g/mol. The lowest BCUT2D eigenvalue weighted by Gasteiger charge is -2.51. The predicted octanol–water partition coefficient (Wildman–Crippen LogP) is 6.05. The van der Waals surface area contributed by atoms with Crippen molar-refractivity contribution in [2.24, 2.45) is 11.8 Å². The Kier molecular flexibility index (Phi) is 9.26. The molecule has 2 heterocycles. The quantitative estimate of drug-likeness (QED) is 0.410. The Morgan fingerprint density at radius 2 is 1.42 bits per heavy atom. The van der Waals surface area contributed by atoms with Gasteiger partial charge in [0.1, 0.15) is 5.75 Å². The highest BCUT2D eigenvalue weighted by atomic mass is 19.4. The Labute approximate surface area is 219 Å². The van der Waals surface area contributed by atoms with Crippen LogP contribution < -0.4 is 10.1 Å². The predicted molar refractivity (Wildman–Crippen MR) is 134 cm³/mol. The van der Waals surface area contributed by atoms with Gasteiger partial charge in [-0.1, -0.05) is 55.0 Å². The Morgan fingerprint density at radius 1 is 0.842 bits per heavy atom. The van der Waals surface area contributed by atoms with Crippen molar-refractivity contribution in [3.63, 3.8) is 0 Å². The van der Waals surface area contributed by atoms with Crippen LogP contribution in [0.3, 0.4) is 0 Å². The first-order valence-corrected chi connectivity index (χ1v) is 13.1. The molecule has 2 aromatic rings. The molecule has 0 radical (unpaired) electrons. The number of likely N-dealkylation sites (tertiary alicyclic amines) is 2. The molecule has 0 bridgehead atoms. The zero-order valence-corrected chi connectivity index (χ0v) is 21.4. The second kappa shape index (κ2) is 12.3. The summed E-state index contributed by atoms with van der Waals surface area (Å²) in [5.74, 6) is -3.80. The second-order valence-corrected chi connectivity index (χ2v) is 10.2. The zero-order valence-electron chi connectivity index (χ0n) is 21.4. The first-order valence-electron chi connectivity index (χ1n) is 13.1. The van der Waals surface area contributed by atoms with Gasteiger partial charge in [-0.15, -0.1) is 0 Å². The van der Waals surface area contributed by atoms with E-state index in [4.69, 9.17) is 4.74 Å². The van der Waals surface area contributed by atoms with Gasteiger partial charge in [0.05, 0.1) is 25.0 Å². The lowest BCUT2D eigenvalue weighted by Crippen LogP contribution is -2.64. The van der Waals surface area contributed by atoms with E-state index >= 15 is 0 Å². The van der Waals surface area contributed by atoms with Crippen LogP contribution in [0.25, 0.3) is 0 Å². The van der Waals surface area contributed by atoms with Crippen LogP contribution in [0.5, 0.6) is 5.75 Å². The standard InChI is InChI=1S/C28H35F6N3O/c1-38-25-13-7-6-12-21(25)24(17-35-16-20-10-4-2-5-11-20)37-18-22(27(29,30)31)26(23(19-37)28(32,33)34)36-14-8-3-9-15-36/h2,4-7,10-13,22-24,26,35H,3,8-9,14-19H2,1H3. The average molecular weight is 544 g/mol. The minimum atomic E-state index is -4.77. The Morgan fingerprint density at radius 3 is 2.00 bits per heavy atom. The summed E-state index contributed by atoms with van der Waals surface area (Å²) in [6.45, 7) is 0.109. The van der Waals surface area contributed by atoms with Crippen LogP contribution in [-0.2, 0) is 6.54 Å². The zero-order chi connectivity index (χ0) is 27.3. The molecule has 0 spiro atoms. The van der Waals surface area contributed by atoms with Crippen molar-refractivity contribution in [1.82, 2.24) is 15.1 Å². The summed E-state index contributed by atoms with van der Waals surface area (Å²) >= 11 is 0. The van der Waals surface area contributed by atoms with Gasteiger partial charge in [0.25, 0.3) is 0 Å². The number of nitrogens with zero attached hydrogens (tertiary/aromatic N) is 2. The van der Waals surface area contributed by atoms with Crippen molar-refractivity contribution in [2.75, 3.05) is 39.8 Å². The number of alkyl halides is 6. The molecule has 2 aromatic carbocycles. The van der Waals surface area contributed by atoms with Crippen LogP contribution in [0.2, 0.25) is 0 Å². The van der Waals surface area contributed by atoms with Crippen molar-refractivity contribution < 1.29 is 31.1 Å². The van der Waals surface area contributed by atoms with Crippen molar-refractivity contribution in [2.45, 2.75) is 50.2 Å². The molecule has 4 rings (SSSR count). The van der Waals surface area contributed by atoms with E-state index in [1.54, 1.807) is 24.3 Å². The second-order valence-electron chi connectivity index (χ2n) is 10.2. The van der Waals surface area contributed by atoms with Crippen LogP contribution in [0.4, 0.5) is 26.3 Å². The van der Waals surface area contributed by atoms with E-state index in [0.29, 0.717) is 30.7 Å². The van der Waals surface area contributed by atoms with Crippen molar-refractivity contribution >= 4 is 0 Å². The molecular formula is C28H35F6N3O. The molecule has 0 amide bonds. The molecule has 2 saturated heterocycles. The molecule has 3 atom stereocenters. The highest BCUT2D eigenvalue weighted by Gasteiger charge is 2.60. The maximum atomic E-state index is 14.5. The fraction of sp³-hybridized carbons (Fsp3) is 0.571. The van der Waals surface area contributed by atoms with Crippen molar-refractivity contribution in [3.8, 4) is 5.75 Å². The van der Waals surface area contributed by atoms with E-state index < -0.39 is 49.4 Å². The number of halogens is 6. The van der Waals surface area contributed by atoms with E-state index in [1.807, 2.05) is 30.3 Å². The molecule has 2 fully saturated rings. The van der Waals surface area contributed by atoms with Crippen LogP contribution >= 0.6 is 0 Å². The number of ether oxygens (including phenoxy) is 1. The van der Waals surface area contributed by atoms with Gasteiger partial charge in [0.15, 0.2) is 0 Å². The fourth-order valence-electron chi connectivity index (χ4n) is 5.98. The van der Waals surface area contributed by atoms with Gasteiger partial charge in [-0.25, -0.2) is 0 Å². The first kappa shape index (κ1) is 28.7. The Balaban J connectivity index is 1.68. The SMILES string of the molecule is COc1ccccc1C(CNCc1ccccc1)N1CC(C(F)(F)F)C(N2CCCCC2)C(C(F)(F)F)C1. The number of methoxy groups -OCH3 is 1. The normalized spacial score (nSPS) is 24.8.